The standard InChI is InChI=1S/C11H13F3N2O/c1-16(2)15-8-10(17,11(12,13)14)9-6-4-3-5-7-9/h3-8,17H,1-2H3/b15-8+. The minimum atomic E-state index is -4.83. The zero-order valence-corrected chi connectivity index (χ0v) is 9.44. The molecule has 0 aromatic heterocycles. The number of aliphatic hydroxyl groups is 1. The lowest BCUT2D eigenvalue weighted by molar-refractivity contribution is -0.233. The quantitative estimate of drug-likeness (QED) is 0.654. The van der Waals surface area contributed by atoms with E-state index in [0.717, 1.165) is 0 Å². The molecule has 94 valence electrons. The summed E-state index contributed by atoms with van der Waals surface area (Å²) in [5, 5.41) is 14.4. The van der Waals surface area contributed by atoms with Crippen molar-refractivity contribution in [3.63, 3.8) is 0 Å². The lowest BCUT2D eigenvalue weighted by Gasteiger charge is -2.27. The molecule has 0 aliphatic carbocycles. The molecule has 1 aromatic carbocycles. The van der Waals surface area contributed by atoms with E-state index in [-0.39, 0.29) is 5.56 Å². The highest BCUT2D eigenvalue weighted by Gasteiger charge is 2.54. The number of benzene rings is 1. The molecule has 0 saturated carbocycles. The van der Waals surface area contributed by atoms with E-state index in [2.05, 4.69) is 5.10 Å². The Morgan fingerprint density at radius 1 is 1.18 bits per heavy atom. The number of alkyl halides is 3. The third-order valence-electron chi connectivity index (χ3n) is 2.12. The zero-order valence-electron chi connectivity index (χ0n) is 9.44. The van der Waals surface area contributed by atoms with Crippen molar-refractivity contribution in [3.8, 4) is 0 Å². The van der Waals surface area contributed by atoms with Gasteiger partial charge in [0.15, 0.2) is 0 Å². The fourth-order valence-electron chi connectivity index (χ4n) is 1.20. The second kappa shape index (κ2) is 4.75. The molecule has 0 aliphatic rings. The maximum Gasteiger partial charge on any atom is 0.426 e. The Labute approximate surface area is 97.2 Å². The Hall–Kier alpha value is -1.56. The van der Waals surface area contributed by atoms with Gasteiger partial charge in [0.25, 0.3) is 0 Å². The van der Waals surface area contributed by atoms with Crippen molar-refractivity contribution >= 4 is 6.21 Å². The molecule has 0 radical (unpaired) electrons. The van der Waals surface area contributed by atoms with E-state index in [9.17, 15) is 18.3 Å². The van der Waals surface area contributed by atoms with E-state index in [1.165, 1.54) is 43.4 Å². The summed E-state index contributed by atoms with van der Waals surface area (Å²) >= 11 is 0. The van der Waals surface area contributed by atoms with Gasteiger partial charge in [-0.2, -0.15) is 18.3 Å². The van der Waals surface area contributed by atoms with Crippen LogP contribution in [0.1, 0.15) is 5.56 Å². The number of hydrogen-bond donors (Lipinski definition) is 1. The van der Waals surface area contributed by atoms with Gasteiger partial charge in [-0.1, -0.05) is 30.3 Å². The largest absolute Gasteiger partial charge is 0.426 e. The molecule has 1 rings (SSSR count). The van der Waals surface area contributed by atoms with Crippen LogP contribution < -0.4 is 0 Å². The molecular formula is C11H13F3N2O. The second-order valence-electron chi connectivity index (χ2n) is 3.72. The third-order valence-corrected chi connectivity index (χ3v) is 2.12. The van der Waals surface area contributed by atoms with E-state index in [1.54, 1.807) is 6.07 Å². The summed E-state index contributed by atoms with van der Waals surface area (Å²) in [6.45, 7) is 0. The fraction of sp³-hybridized carbons (Fsp3) is 0.364. The van der Waals surface area contributed by atoms with Gasteiger partial charge in [0.2, 0.25) is 5.60 Å². The van der Waals surface area contributed by atoms with Gasteiger partial charge in [-0.25, -0.2) is 0 Å². The molecule has 0 saturated heterocycles. The highest BCUT2D eigenvalue weighted by molar-refractivity contribution is 5.72. The molecule has 1 N–H and O–H groups in total. The van der Waals surface area contributed by atoms with Crippen LogP contribution in [0.3, 0.4) is 0 Å². The average Bonchev–Trinajstić information content (AvgIpc) is 2.25. The van der Waals surface area contributed by atoms with Crippen LogP contribution in [0.4, 0.5) is 13.2 Å². The lowest BCUT2D eigenvalue weighted by atomic mass is 9.94. The summed E-state index contributed by atoms with van der Waals surface area (Å²) < 4.78 is 38.6. The normalized spacial score (nSPS) is 15.9. The molecule has 17 heavy (non-hydrogen) atoms. The van der Waals surface area contributed by atoms with Crippen LogP contribution in [-0.4, -0.2) is 36.6 Å². The molecule has 1 unspecified atom stereocenters. The summed E-state index contributed by atoms with van der Waals surface area (Å²) in [4.78, 5) is 0. The van der Waals surface area contributed by atoms with E-state index >= 15 is 0 Å². The summed E-state index contributed by atoms with van der Waals surface area (Å²) in [7, 11) is 2.94. The van der Waals surface area contributed by atoms with Gasteiger partial charge in [-0.15, -0.1) is 0 Å². The van der Waals surface area contributed by atoms with E-state index < -0.39 is 11.8 Å². The first kappa shape index (κ1) is 13.5. The first-order valence-electron chi connectivity index (χ1n) is 4.84. The monoisotopic (exact) mass is 246 g/mol. The first-order valence-corrected chi connectivity index (χ1v) is 4.84. The molecular weight excluding hydrogens is 233 g/mol. The molecule has 0 heterocycles. The molecule has 0 bridgehead atoms. The van der Waals surface area contributed by atoms with Gasteiger partial charge in [0.05, 0.1) is 6.21 Å². The predicted octanol–water partition coefficient (Wildman–Crippen LogP) is 1.98. The fourth-order valence-corrected chi connectivity index (χ4v) is 1.20. The molecule has 1 aromatic rings. The first-order chi connectivity index (χ1) is 7.77. The summed E-state index contributed by atoms with van der Waals surface area (Å²) in [5.74, 6) is 0. The summed E-state index contributed by atoms with van der Waals surface area (Å²) in [5.41, 5.74) is -3.34. The van der Waals surface area contributed by atoms with Gasteiger partial charge in [0, 0.05) is 14.1 Å². The Balaban J connectivity index is 3.21. The van der Waals surface area contributed by atoms with Crippen LogP contribution in [0.2, 0.25) is 0 Å². The molecule has 0 fully saturated rings. The Kier molecular flexibility index (Phi) is 3.77. The van der Waals surface area contributed by atoms with Crippen molar-refractivity contribution in [2.24, 2.45) is 5.10 Å². The average molecular weight is 246 g/mol. The van der Waals surface area contributed by atoms with Gasteiger partial charge in [-0.05, 0) is 5.56 Å². The zero-order chi connectivity index (χ0) is 13.1. The van der Waals surface area contributed by atoms with Crippen molar-refractivity contribution in [2.45, 2.75) is 11.8 Å². The van der Waals surface area contributed by atoms with Crippen molar-refractivity contribution in [1.29, 1.82) is 0 Å². The van der Waals surface area contributed by atoms with Gasteiger partial charge in [-0.3, -0.25) is 0 Å². The van der Waals surface area contributed by atoms with E-state index in [4.69, 9.17) is 0 Å². The summed E-state index contributed by atoms with van der Waals surface area (Å²) in [6, 6.07) is 6.83. The Morgan fingerprint density at radius 2 is 1.71 bits per heavy atom. The van der Waals surface area contributed by atoms with Crippen molar-refractivity contribution in [3.05, 3.63) is 35.9 Å². The number of hydrogen-bond acceptors (Lipinski definition) is 3. The molecule has 3 nitrogen and oxygen atoms in total. The Bertz CT molecular complexity index is 389. The molecule has 6 heteroatoms. The van der Waals surface area contributed by atoms with Gasteiger partial charge >= 0.3 is 6.18 Å². The van der Waals surface area contributed by atoms with Crippen molar-refractivity contribution < 1.29 is 18.3 Å². The number of hydrazone groups is 1. The topological polar surface area (TPSA) is 35.8 Å². The van der Waals surface area contributed by atoms with Crippen molar-refractivity contribution in [1.82, 2.24) is 5.01 Å². The van der Waals surface area contributed by atoms with Crippen LogP contribution in [0.5, 0.6) is 0 Å². The van der Waals surface area contributed by atoms with Gasteiger partial charge in [0.1, 0.15) is 0 Å². The van der Waals surface area contributed by atoms with Crippen LogP contribution >= 0.6 is 0 Å². The van der Waals surface area contributed by atoms with E-state index in [1.807, 2.05) is 0 Å². The minimum Gasteiger partial charge on any atom is -0.371 e. The summed E-state index contributed by atoms with van der Waals surface area (Å²) in [6.07, 6.45) is -4.34. The predicted molar refractivity (Wildman–Crippen MR) is 58.6 cm³/mol. The van der Waals surface area contributed by atoms with Crippen LogP contribution in [0, 0.1) is 0 Å². The second-order valence-corrected chi connectivity index (χ2v) is 3.72. The lowest BCUT2D eigenvalue weighted by Crippen LogP contribution is -2.44. The van der Waals surface area contributed by atoms with Crippen LogP contribution in [0.25, 0.3) is 0 Å². The van der Waals surface area contributed by atoms with E-state index in [0.29, 0.717) is 6.21 Å². The third kappa shape index (κ3) is 2.97. The molecule has 0 aliphatic heterocycles. The maximum atomic E-state index is 12.9. The number of rotatable bonds is 3. The van der Waals surface area contributed by atoms with Gasteiger partial charge < -0.3 is 10.1 Å². The Morgan fingerprint density at radius 3 is 2.12 bits per heavy atom. The van der Waals surface area contributed by atoms with Crippen LogP contribution in [-0.2, 0) is 5.60 Å². The van der Waals surface area contributed by atoms with Crippen molar-refractivity contribution in [2.75, 3.05) is 14.1 Å². The number of halogens is 3. The minimum absolute atomic E-state index is 0.266. The SMILES string of the molecule is CN(C)/N=C/C(O)(c1ccccc1)C(F)(F)F. The molecule has 1 atom stereocenters. The smallest absolute Gasteiger partial charge is 0.371 e. The maximum absolute atomic E-state index is 12.9. The van der Waals surface area contributed by atoms with Crippen LogP contribution in [0.15, 0.2) is 35.4 Å². The highest BCUT2D eigenvalue weighted by Crippen LogP contribution is 2.37. The highest BCUT2D eigenvalue weighted by atomic mass is 19.4. The molecule has 0 spiro atoms. The number of nitrogens with zero attached hydrogens (tertiary/aromatic N) is 2. The molecule has 0 amide bonds.